The Morgan fingerprint density at radius 2 is 1.62 bits per heavy atom. The molecule has 3 aliphatic heterocycles. The third-order valence-corrected chi connectivity index (χ3v) is 10.1. The second-order valence-corrected chi connectivity index (χ2v) is 12.5. The van der Waals surface area contributed by atoms with Gasteiger partial charge in [-0.25, -0.2) is 4.79 Å². The molecule has 2 aromatic heterocycles. The molecule has 5 aromatic rings. The molecule has 1 fully saturated rings. The van der Waals surface area contributed by atoms with E-state index in [0.29, 0.717) is 0 Å². The van der Waals surface area contributed by atoms with Crippen LogP contribution >= 0.6 is 0 Å². The van der Waals surface area contributed by atoms with E-state index in [0.717, 1.165) is 65.9 Å². The summed E-state index contributed by atoms with van der Waals surface area (Å²) in [5.74, 6) is -0.744. The molecular formula is C32H31N3O5. The highest BCUT2D eigenvalue weighted by Gasteiger charge is 2.66. The van der Waals surface area contributed by atoms with Crippen molar-refractivity contribution in [1.82, 2.24) is 14.0 Å². The maximum atomic E-state index is 14.2. The van der Waals surface area contributed by atoms with E-state index in [1.165, 1.54) is 7.11 Å². The number of ether oxygens (including phenoxy) is 2. The first kappa shape index (κ1) is 24.0. The van der Waals surface area contributed by atoms with Crippen molar-refractivity contribution in [3.05, 3.63) is 58.7 Å². The number of esters is 1. The van der Waals surface area contributed by atoms with Crippen LogP contribution in [-0.4, -0.2) is 50.8 Å². The lowest BCUT2D eigenvalue weighted by Gasteiger charge is -2.37. The van der Waals surface area contributed by atoms with Gasteiger partial charge in [-0.3, -0.25) is 4.79 Å². The molecule has 3 aromatic carbocycles. The van der Waals surface area contributed by atoms with Crippen molar-refractivity contribution in [2.75, 3.05) is 14.2 Å². The fourth-order valence-corrected chi connectivity index (χ4v) is 7.87. The molecule has 1 saturated heterocycles. The monoisotopic (exact) mass is 537 g/mol. The third-order valence-electron chi connectivity index (χ3n) is 10.1. The van der Waals surface area contributed by atoms with Crippen molar-refractivity contribution in [2.24, 2.45) is 0 Å². The zero-order valence-corrected chi connectivity index (χ0v) is 23.7. The minimum atomic E-state index is -1.96. The number of aliphatic hydroxyl groups is 1. The topological polar surface area (TPSA) is 85.9 Å². The summed E-state index contributed by atoms with van der Waals surface area (Å²) >= 11 is 0. The minimum Gasteiger partial charge on any atom is -0.467 e. The molecule has 8 nitrogen and oxygen atoms in total. The summed E-state index contributed by atoms with van der Waals surface area (Å²) < 4.78 is 16.1. The zero-order chi connectivity index (χ0) is 28.3. The summed E-state index contributed by atoms with van der Waals surface area (Å²) in [7, 11) is 3.16. The Morgan fingerprint density at radius 1 is 1.00 bits per heavy atom. The zero-order valence-electron chi connectivity index (χ0n) is 23.7. The van der Waals surface area contributed by atoms with Gasteiger partial charge < -0.3 is 28.6 Å². The Hall–Kier alpha value is -3.88. The van der Waals surface area contributed by atoms with Gasteiger partial charge in [0.15, 0.2) is 5.72 Å². The highest BCUT2D eigenvalue weighted by atomic mass is 16.6. The number of benzene rings is 3. The minimum absolute atomic E-state index is 0.00578. The summed E-state index contributed by atoms with van der Waals surface area (Å²) in [4.78, 5) is 29.4. The summed E-state index contributed by atoms with van der Waals surface area (Å²) in [6, 6.07) is 12.4. The number of carbonyl (C=O) groups excluding carboxylic acids is 2. The van der Waals surface area contributed by atoms with Gasteiger partial charge in [0.1, 0.15) is 6.23 Å². The fraction of sp³-hybridized carbons (Fsp3) is 0.375. The largest absolute Gasteiger partial charge is 0.467 e. The van der Waals surface area contributed by atoms with E-state index in [1.807, 2.05) is 48.6 Å². The number of fused-ring (bicyclic) bond motifs is 13. The Balaban J connectivity index is 1.76. The second-order valence-electron chi connectivity index (χ2n) is 12.5. The standard InChI is InChI=1S/C32H31N3O5/c1-15-8-10-19-17(12-15)22-24-25(30(3,4)33(6)28(24)36)23-18-13-16(2)9-11-20(18)35-27(23)26(22)34(19)21-14-32(38,29(37)39-7)31(35,5)40-21/h8-13,21,38H,14H2,1-7H3. The molecule has 40 heavy (non-hydrogen) atoms. The Bertz CT molecular complexity index is 2050. The summed E-state index contributed by atoms with van der Waals surface area (Å²) in [5.41, 5.74) is 3.26. The average Bonchev–Trinajstić information content (AvgIpc) is 3.53. The van der Waals surface area contributed by atoms with E-state index < -0.39 is 29.1 Å². The molecule has 5 heterocycles. The molecule has 8 heteroatoms. The first-order chi connectivity index (χ1) is 18.9. The SMILES string of the molecule is COC(=O)C1(O)CC2OC1(C)n1c3ccc(C)cc3c3c4c(c5c6cc(C)ccc6n2c5c31)C(=O)N(C)C4(C)C. The van der Waals surface area contributed by atoms with Gasteiger partial charge >= 0.3 is 5.97 Å². The van der Waals surface area contributed by atoms with Crippen LogP contribution in [0.3, 0.4) is 0 Å². The first-order valence-electron chi connectivity index (χ1n) is 13.7. The van der Waals surface area contributed by atoms with E-state index >= 15 is 0 Å². The number of amides is 1. The van der Waals surface area contributed by atoms with Crippen LogP contribution in [-0.2, 0) is 25.5 Å². The highest BCUT2D eigenvalue weighted by molar-refractivity contribution is 6.31. The van der Waals surface area contributed by atoms with Crippen molar-refractivity contribution in [1.29, 1.82) is 0 Å². The van der Waals surface area contributed by atoms with Gasteiger partial charge in [-0.2, -0.15) is 0 Å². The molecule has 0 aliphatic carbocycles. The highest BCUT2D eigenvalue weighted by Crippen LogP contribution is 2.59. The molecule has 204 valence electrons. The van der Waals surface area contributed by atoms with Crippen molar-refractivity contribution in [3.8, 4) is 0 Å². The Kier molecular flexibility index (Phi) is 4.12. The van der Waals surface area contributed by atoms with Crippen molar-refractivity contribution in [3.63, 3.8) is 0 Å². The second kappa shape index (κ2) is 6.87. The van der Waals surface area contributed by atoms with Crippen LogP contribution in [0.5, 0.6) is 0 Å². The Morgan fingerprint density at radius 3 is 2.27 bits per heavy atom. The number of aromatic nitrogens is 2. The molecule has 1 amide bonds. The third kappa shape index (κ3) is 2.32. The number of aryl methyl sites for hydroxylation is 2. The normalized spacial score (nSPS) is 26.6. The number of nitrogens with zero attached hydrogens (tertiary/aromatic N) is 3. The smallest absolute Gasteiger partial charge is 0.343 e. The van der Waals surface area contributed by atoms with Crippen LogP contribution in [0.2, 0.25) is 0 Å². The molecule has 1 N–H and O–H groups in total. The van der Waals surface area contributed by atoms with Gasteiger partial charge in [0.2, 0.25) is 5.60 Å². The average molecular weight is 538 g/mol. The summed E-state index contributed by atoms with van der Waals surface area (Å²) in [5, 5.41) is 16.0. The van der Waals surface area contributed by atoms with Crippen molar-refractivity contribution >= 4 is 55.5 Å². The van der Waals surface area contributed by atoms with Crippen LogP contribution in [0, 0.1) is 13.8 Å². The van der Waals surface area contributed by atoms with E-state index in [4.69, 9.17) is 9.47 Å². The maximum absolute atomic E-state index is 14.2. The number of hydrogen-bond acceptors (Lipinski definition) is 5. The molecule has 0 radical (unpaired) electrons. The van der Waals surface area contributed by atoms with Gasteiger partial charge in [-0.1, -0.05) is 23.3 Å². The van der Waals surface area contributed by atoms with Gasteiger partial charge in [0.25, 0.3) is 5.91 Å². The van der Waals surface area contributed by atoms with Crippen LogP contribution < -0.4 is 0 Å². The summed E-state index contributed by atoms with van der Waals surface area (Å²) in [6.45, 7) is 10.0. The number of methoxy groups -OCH3 is 1. The Labute approximate surface area is 230 Å². The molecule has 0 saturated carbocycles. The molecule has 3 unspecified atom stereocenters. The van der Waals surface area contributed by atoms with E-state index in [2.05, 4.69) is 36.6 Å². The molecule has 2 bridgehead atoms. The van der Waals surface area contributed by atoms with Crippen molar-refractivity contribution < 1.29 is 24.2 Å². The van der Waals surface area contributed by atoms with Crippen LogP contribution in [0.4, 0.5) is 0 Å². The quantitative estimate of drug-likeness (QED) is 0.292. The maximum Gasteiger partial charge on any atom is 0.343 e. The number of rotatable bonds is 1. The van der Waals surface area contributed by atoms with E-state index in [1.54, 1.807) is 6.92 Å². The van der Waals surface area contributed by atoms with Crippen LogP contribution in [0.15, 0.2) is 36.4 Å². The predicted molar refractivity (Wildman–Crippen MR) is 152 cm³/mol. The van der Waals surface area contributed by atoms with E-state index in [9.17, 15) is 14.7 Å². The predicted octanol–water partition coefficient (Wildman–Crippen LogP) is 5.35. The molecule has 3 atom stereocenters. The molecule has 3 aliphatic rings. The van der Waals surface area contributed by atoms with Crippen molar-refractivity contribution in [2.45, 2.75) is 64.1 Å². The summed E-state index contributed by atoms with van der Waals surface area (Å²) in [6.07, 6.45) is -0.660. The number of carbonyl (C=O) groups is 2. The van der Waals surface area contributed by atoms with E-state index in [-0.39, 0.29) is 12.3 Å². The van der Waals surface area contributed by atoms with Gasteiger partial charge in [-0.05, 0) is 58.9 Å². The molecular weight excluding hydrogens is 506 g/mol. The van der Waals surface area contributed by atoms with Gasteiger partial charge in [-0.15, -0.1) is 0 Å². The number of hydrogen-bond donors (Lipinski definition) is 1. The molecule has 0 spiro atoms. The lowest BCUT2D eigenvalue weighted by Crippen LogP contribution is -2.56. The lowest BCUT2D eigenvalue weighted by molar-refractivity contribution is -0.202. The van der Waals surface area contributed by atoms with Gasteiger partial charge in [0, 0.05) is 40.6 Å². The fourth-order valence-electron chi connectivity index (χ4n) is 7.87. The van der Waals surface area contributed by atoms with Crippen LogP contribution in [0.25, 0.3) is 43.6 Å². The van der Waals surface area contributed by atoms with Gasteiger partial charge in [0.05, 0.1) is 40.3 Å². The molecule has 8 rings (SSSR count). The lowest BCUT2D eigenvalue weighted by atomic mass is 9.86. The van der Waals surface area contributed by atoms with Crippen LogP contribution in [0.1, 0.15) is 60.5 Å². The first-order valence-corrected chi connectivity index (χ1v) is 13.7.